The molecular weight excluding hydrogens is 542 g/mol. The van der Waals surface area contributed by atoms with Crippen molar-refractivity contribution in [2.45, 2.75) is 65.2 Å². The van der Waals surface area contributed by atoms with Gasteiger partial charge in [-0.05, 0) is 78.8 Å². The van der Waals surface area contributed by atoms with Gasteiger partial charge in [-0.15, -0.1) is 0 Å². The molecule has 43 heavy (non-hydrogen) atoms. The Balaban J connectivity index is 1.38. The van der Waals surface area contributed by atoms with Crippen LogP contribution in [-0.2, 0) is 24.4 Å². The van der Waals surface area contributed by atoms with E-state index in [0.717, 1.165) is 67.8 Å². The molecule has 8 nitrogen and oxygen atoms in total. The average Bonchev–Trinajstić information content (AvgIpc) is 3.04. The third kappa shape index (κ3) is 8.51. The number of rotatable bonds is 13. The third-order valence-corrected chi connectivity index (χ3v) is 8.42. The highest BCUT2D eigenvalue weighted by atomic mass is 16.5. The molecule has 230 valence electrons. The summed E-state index contributed by atoms with van der Waals surface area (Å²) >= 11 is 0. The van der Waals surface area contributed by atoms with E-state index >= 15 is 0 Å². The highest BCUT2D eigenvalue weighted by molar-refractivity contribution is 5.94. The molecule has 0 atom stereocenters. The van der Waals surface area contributed by atoms with E-state index in [0.29, 0.717) is 24.4 Å². The molecule has 2 amide bonds. The van der Waals surface area contributed by atoms with Gasteiger partial charge in [-0.1, -0.05) is 44.2 Å². The van der Waals surface area contributed by atoms with Crippen LogP contribution in [0.5, 0.6) is 17.2 Å². The molecule has 3 aromatic rings. The Morgan fingerprint density at radius 1 is 0.930 bits per heavy atom. The summed E-state index contributed by atoms with van der Waals surface area (Å²) in [7, 11) is 3.17. The average molecular weight is 588 g/mol. The predicted molar refractivity (Wildman–Crippen MR) is 168 cm³/mol. The van der Waals surface area contributed by atoms with E-state index in [4.69, 9.17) is 9.47 Å². The predicted octanol–water partition coefficient (Wildman–Crippen LogP) is 5.77. The topological polar surface area (TPSA) is 91.3 Å². The summed E-state index contributed by atoms with van der Waals surface area (Å²) in [4.78, 5) is 31.0. The Kier molecular flexibility index (Phi) is 11.4. The number of aromatic hydroxyl groups is 1. The van der Waals surface area contributed by atoms with E-state index in [9.17, 15) is 14.7 Å². The van der Waals surface area contributed by atoms with Crippen LogP contribution >= 0.6 is 0 Å². The molecule has 0 bridgehead atoms. The summed E-state index contributed by atoms with van der Waals surface area (Å²) in [5.74, 6) is 1.45. The molecule has 0 saturated carbocycles. The Bertz CT molecular complexity index is 1350. The van der Waals surface area contributed by atoms with Gasteiger partial charge >= 0.3 is 0 Å². The van der Waals surface area contributed by atoms with Crippen LogP contribution in [0.2, 0.25) is 0 Å². The van der Waals surface area contributed by atoms with E-state index in [-0.39, 0.29) is 29.5 Å². The number of nitrogens with one attached hydrogen (secondary N) is 1. The number of ether oxygens (including phenoxy) is 2. The van der Waals surface area contributed by atoms with Crippen molar-refractivity contribution in [1.29, 1.82) is 0 Å². The van der Waals surface area contributed by atoms with Crippen LogP contribution < -0.4 is 14.8 Å². The minimum Gasteiger partial charge on any atom is -0.504 e. The minimum absolute atomic E-state index is 0.00182. The zero-order chi connectivity index (χ0) is 30.8. The van der Waals surface area contributed by atoms with Gasteiger partial charge in [0.2, 0.25) is 5.91 Å². The standard InChI is InChI=1S/C35H45N3O5/c1-5-28(6-2)35(41)38(30-16-18-37(19-17-30)23-27-12-15-33(43-4)32(39)21-27)24-25-10-13-29(14-11-25)34(40)36-22-26-8-7-9-31(20-26)42-3/h7-15,20-21,28,30,39H,5-6,16-19,22-24H2,1-4H3,(H,36,40). The lowest BCUT2D eigenvalue weighted by atomic mass is 9.96. The van der Waals surface area contributed by atoms with Crippen LogP contribution in [0.25, 0.3) is 0 Å². The molecule has 0 aromatic heterocycles. The molecule has 2 N–H and O–H groups in total. The number of hydrogen-bond acceptors (Lipinski definition) is 6. The summed E-state index contributed by atoms with van der Waals surface area (Å²) in [5, 5.41) is 13.1. The molecule has 1 fully saturated rings. The van der Waals surface area contributed by atoms with E-state index in [2.05, 4.69) is 29.0 Å². The number of phenols is 1. The first-order valence-electron chi connectivity index (χ1n) is 15.2. The normalized spacial score (nSPS) is 14.0. The fourth-order valence-corrected chi connectivity index (χ4v) is 5.77. The van der Waals surface area contributed by atoms with Crippen LogP contribution in [0, 0.1) is 5.92 Å². The second kappa shape index (κ2) is 15.4. The van der Waals surface area contributed by atoms with Gasteiger partial charge in [0.05, 0.1) is 14.2 Å². The maximum Gasteiger partial charge on any atom is 0.251 e. The van der Waals surface area contributed by atoms with Gasteiger partial charge in [0.15, 0.2) is 11.5 Å². The third-order valence-electron chi connectivity index (χ3n) is 8.42. The summed E-state index contributed by atoms with van der Waals surface area (Å²) in [6, 6.07) is 20.9. The largest absolute Gasteiger partial charge is 0.504 e. The van der Waals surface area contributed by atoms with Crippen molar-refractivity contribution in [2.75, 3.05) is 27.3 Å². The maximum absolute atomic E-state index is 13.7. The van der Waals surface area contributed by atoms with Gasteiger partial charge in [-0.25, -0.2) is 0 Å². The number of hydrogen-bond donors (Lipinski definition) is 2. The fraction of sp³-hybridized carbons (Fsp3) is 0.429. The van der Waals surface area contributed by atoms with Gasteiger partial charge in [0.1, 0.15) is 5.75 Å². The zero-order valence-electron chi connectivity index (χ0n) is 25.8. The first kappa shape index (κ1) is 31.9. The molecule has 1 aliphatic heterocycles. The van der Waals surface area contributed by atoms with Gasteiger partial charge in [-0.3, -0.25) is 14.5 Å². The van der Waals surface area contributed by atoms with E-state index in [1.807, 2.05) is 54.6 Å². The van der Waals surface area contributed by atoms with Gasteiger partial charge in [0.25, 0.3) is 5.91 Å². The van der Waals surface area contributed by atoms with E-state index in [1.165, 1.54) is 0 Å². The van der Waals surface area contributed by atoms with E-state index in [1.54, 1.807) is 26.4 Å². The highest BCUT2D eigenvalue weighted by Gasteiger charge is 2.31. The Morgan fingerprint density at radius 2 is 1.63 bits per heavy atom. The van der Waals surface area contributed by atoms with E-state index < -0.39 is 0 Å². The fourth-order valence-electron chi connectivity index (χ4n) is 5.77. The molecule has 3 aromatic carbocycles. The number of phenolic OH excluding ortho intramolecular Hbond substituents is 1. The minimum atomic E-state index is -0.142. The Morgan fingerprint density at radius 3 is 2.26 bits per heavy atom. The van der Waals surface area contributed by atoms with Crippen LogP contribution in [0.15, 0.2) is 66.7 Å². The summed E-state index contributed by atoms with van der Waals surface area (Å²) in [6.07, 6.45) is 3.41. The van der Waals surface area contributed by atoms with Crippen molar-refractivity contribution in [3.63, 3.8) is 0 Å². The quantitative estimate of drug-likeness (QED) is 0.264. The van der Waals surface area contributed by atoms with Gasteiger partial charge < -0.3 is 24.8 Å². The molecule has 8 heteroatoms. The van der Waals surface area contributed by atoms with Crippen LogP contribution in [0.1, 0.15) is 66.6 Å². The monoisotopic (exact) mass is 587 g/mol. The highest BCUT2D eigenvalue weighted by Crippen LogP contribution is 2.28. The number of carbonyl (C=O) groups excluding carboxylic acids is 2. The molecule has 1 aliphatic rings. The zero-order valence-corrected chi connectivity index (χ0v) is 25.8. The molecule has 0 unspecified atom stereocenters. The van der Waals surface area contributed by atoms with Gasteiger partial charge in [-0.2, -0.15) is 0 Å². The number of likely N-dealkylation sites (tertiary alicyclic amines) is 1. The molecule has 0 radical (unpaired) electrons. The SMILES string of the molecule is CCC(CC)C(=O)N(Cc1ccc(C(=O)NCc2cccc(OC)c2)cc1)C1CCN(Cc2ccc(OC)c(O)c2)CC1. The molecule has 0 spiro atoms. The lowest BCUT2D eigenvalue weighted by Crippen LogP contribution is -2.48. The van der Waals surface area contributed by atoms with Crippen molar-refractivity contribution >= 4 is 11.8 Å². The Labute approximate surface area is 255 Å². The summed E-state index contributed by atoms with van der Waals surface area (Å²) in [6.45, 7) is 7.58. The molecule has 0 aliphatic carbocycles. The first-order valence-corrected chi connectivity index (χ1v) is 15.2. The Hall–Kier alpha value is -4.04. The van der Waals surface area contributed by atoms with Crippen molar-refractivity contribution < 1.29 is 24.2 Å². The second-order valence-corrected chi connectivity index (χ2v) is 11.2. The van der Waals surface area contributed by atoms with Crippen LogP contribution in [-0.4, -0.2) is 60.1 Å². The number of piperidine rings is 1. The van der Waals surface area contributed by atoms with Gasteiger partial charge in [0, 0.05) is 50.2 Å². The van der Waals surface area contributed by atoms with Crippen molar-refractivity contribution in [1.82, 2.24) is 15.1 Å². The van der Waals surface area contributed by atoms with Crippen molar-refractivity contribution in [2.24, 2.45) is 5.92 Å². The van der Waals surface area contributed by atoms with Crippen molar-refractivity contribution in [3.8, 4) is 17.2 Å². The number of carbonyl (C=O) groups is 2. The van der Waals surface area contributed by atoms with Crippen LogP contribution in [0.3, 0.4) is 0 Å². The summed E-state index contributed by atoms with van der Waals surface area (Å²) < 4.78 is 10.4. The van der Waals surface area contributed by atoms with Crippen LogP contribution in [0.4, 0.5) is 0 Å². The molecular formula is C35H45N3O5. The second-order valence-electron chi connectivity index (χ2n) is 11.2. The molecule has 4 rings (SSSR count). The number of nitrogens with zero attached hydrogens (tertiary/aromatic N) is 2. The lowest BCUT2D eigenvalue weighted by molar-refractivity contribution is -0.140. The number of benzene rings is 3. The lowest BCUT2D eigenvalue weighted by Gasteiger charge is -2.40. The summed E-state index contributed by atoms with van der Waals surface area (Å²) in [5.41, 5.74) is 3.60. The number of amides is 2. The molecule has 1 saturated heterocycles. The molecule has 1 heterocycles. The smallest absolute Gasteiger partial charge is 0.251 e. The number of methoxy groups -OCH3 is 2. The first-order chi connectivity index (χ1) is 20.8. The maximum atomic E-state index is 13.7. The van der Waals surface area contributed by atoms with Crippen molar-refractivity contribution in [3.05, 3.63) is 89.0 Å².